The summed E-state index contributed by atoms with van der Waals surface area (Å²) in [4.78, 5) is 30.4. The SMILES string of the molecule is CN1C(=O)C2C(=NC=[N+]2CCSC#N)N(C)C1=O. The Kier molecular flexibility index (Phi) is 3.34. The fourth-order valence-corrected chi connectivity index (χ4v) is 2.32. The number of thiocyanates is 1. The Morgan fingerprint density at radius 2 is 2.22 bits per heavy atom. The molecule has 1 saturated heterocycles. The fraction of sp³-hybridized carbons (Fsp3) is 0.500. The van der Waals surface area contributed by atoms with Gasteiger partial charge in [-0.2, -0.15) is 5.26 Å². The van der Waals surface area contributed by atoms with Gasteiger partial charge in [-0.05, 0) is 16.8 Å². The van der Waals surface area contributed by atoms with Gasteiger partial charge >= 0.3 is 6.03 Å². The summed E-state index contributed by atoms with van der Waals surface area (Å²) < 4.78 is 1.75. The number of amides is 3. The van der Waals surface area contributed by atoms with E-state index in [9.17, 15) is 9.59 Å². The van der Waals surface area contributed by atoms with Crippen molar-refractivity contribution in [2.24, 2.45) is 4.99 Å². The van der Waals surface area contributed by atoms with Crippen LogP contribution in [0.3, 0.4) is 0 Å². The third kappa shape index (κ3) is 1.86. The van der Waals surface area contributed by atoms with Gasteiger partial charge in [0.1, 0.15) is 5.40 Å². The van der Waals surface area contributed by atoms with Crippen molar-refractivity contribution in [3.63, 3.8) is 0 Å². The highest BCUT2D eigenvalue weighted by Crippen LogP contribution is 2.16. The Labute approximate surface area is 108 Å². The van der Waals surface area contributed by atoms with E-state index in [4.69, 9.17) is 5.26 Å². The Bertz CT molecular complexity index is 507. The van der Waals surface area contributed by atoms with Gasteiger partial charge in [0.15, 0.2) is 0 Å². The molecule has 1 unspecified atom stereocenters. The molecular weight excluding hydrogens is 254 g/mol. The van der Waals surface area contributed by atoms with Crippen molar-refractivity contribution < 1.29 is 14.2 Å². The van der Waals surface area contributed by atoms with Crippen LogP contribution < -0.4 is 0 Å². The van der Waals surface area contributed by atoms with Gasteiger partial charge in [0.25, 0.3) is 24.1 Å². The topological polar surface area (TPSA) is 79.8 Å². The zero-order valence-electron chi connectivity index (χ0n) is 10.0. The Morgan fingerprint density at radius 3 is 2.89 bits per heavy atom. The quantitative estimate of drug-likeness (QED) is 0.393. The van der Waals surface area contributed by atoms with Crippen molar-refractivity contribution >= 4 is 35.9 Å². The third-order valence-electron chi connectivity index (χ3n) is 2.91. The van der Waals surface area contributed by atoms with E-state index in [1.807, 2.05) is 5.40 Å². The molecule has 7 nitrogen and oxygen atoms in total. The van der Waals surface area contributed by atoms with E-state index in [1.165, 1.54) is 11.9 Å². The summed E-state index contributed by atoms with van der Waals surface area (Å²) in [5.74, 6) is 0.749. The largest absolute Gasteiger partial charge is 0.333 e. The number of thioether (sulfide) groups is 1. The molecule has 0 aromatic carbocycles. The molecule has 2 aliphatic rings. The maximum Gasteiger partial charge on any atom is 0.333 e. The van der Waals surface area contributed by atoms with Gasteiger partial charge in [-0.15, -0.1) is 0 Å². The van der Waals surface area contributed by atoms with E-state index in [1.54, 1.807) is 18.0 Å². The highest BCUT2D eigenvalue weighted by Gasteiger charge is 2.50. The molecule has 8 heteroatoms. The molecule has 1 atom stereocenters. The minimum absolute atomic E-state index is 0.285. The van der Waals surface area contributed by atoms with E-state index < -0.39 is 6.04 Å². The summed E-state index contributed by atoms with van der Waals surface area (Å²) in [6.45, 7) is 0.539. The molecule has 0 radical (unpaired) electrons. The van der Waals surface area contributed by atoms with Crippen molar-refractivity contribution in [1.29, 1.82) is 5.26 Å². The summed E-state index contributed by atoms with van der Waals surface area (Å²) in [6.07, 6.45) is 1.55. The molecule has 2 heterocycles. The number of amidine groups is 1. The first kappa shape index (κ1) is 12.6. The molecule has 0 N–H and O–H groups in total. The first-order valence-corrected chi connectivity index (χ1v) is 6.29. The van der Waals surface area contributed by atoms with E-state index in [-0.39, 0.29) is 11.9 Å². The van der Waals surface area contributed by atoms with Gasteiger partial charge < -0.3 is 0 Å². The van der Waals surface area contributed by atoms with Crippen molar-refractivity contribution in [3.8, 4) is 5.40 Å². The number of hydrogen-bond acceptors (Lipinski definition) is 5. The lowest BCUT2D eigenvalue weighted by Crippen LogP contribution is -2.61. The lowest BCUT2D eigenvalue weighted by molar-refractivity contribution is -0.526. The second-order valence-corrected chi connectivity index (χ2v) is 4.80. The number of urea groups is 1. The zero-order chi connectivity index (χ0) is 13.3. The van der Waals surface area contributed by atoms with E-state index in [2.05, 4.69) is 4.99 Å². The molecule has 0 aliphatic carbocycles. The monoisotopic (exact) mass is 266 g/mol. The molecule has 2 aliphatic heterocycles. The van der Waals surface area contributed by atoms with Gasteiger partial charge in [-0.1, -0.05) is 0 Å². The van der Waals surface area contributed by atoms with Crippen LogP contribution in [0.25, 0.3) is 0 Å². The predicted octanol–water partition coefficient (Wildman–Crippen LogP) is -0.454. The molecule has 0 saturated carbocycles. The molecule has 0 spiro atoms. The number of rotatable bonds is 3. The second kappa shape index (κ2) is 4.78. The lowest BCUT2D eigenvalue weighted by Gasteiger charge is -2.30. The van der Waals surface area contributed by atoms with Crippen LogP contribution in [0.4, 0.5) is 4.79 Å². The van der Waals surface area contributed by atoms with Crippen molar-refractivity contribution in [2.45, 2.75) is 6.04 Å². The molecule has 1 fully saturated rings. The molecular formula is C10H12N5O2S+. The zero-order valence-corrected chi connectivity index (χ0v) is 10.8. The third-order valence-corrected chi connectivity index (χ3v) is 3.43. The molecule has 0 aromatic heterocycles. The number of nitriles is 1. The van der Waals surface area contributed by atoms with Gasteiger partial charge in [0, 0.05) is 19.8 Å². The van der Waals surface area contributed by atoms with Gasteiger partial charge in [-0.3, -0.25) is 14.6 Å². The minimum Gasteiger partial charge on any atom is -0.269 e. The number of carbonyl (C=O) groups is 2. The van der Waals surface area contributed by atoms with Crippen LogP contribution in [0.15, 0.2) is 4.99 Å². The molecule has 2 rings (SSSR count). The number of hydrogen-bond donors (Lipinski definition) is 0. The Hall–Kier alpha value is -1.88. The Morgan fingerprint density at radius 1 is 1.50 bits per heavy atom. The van der Waals surface area contributed by atoms with Crippen LogP contribution >= 0.6 is 11.8 Å². The van der Waals surface area contributed by atoms with Crippen LogP contribution in [0.1, 0.15) is 0 Å². The summed E-state index contributed by atoms with van der Waals surface area (Å²) in [5, 5.41) is 10.4. The van der Waals surface area contributed by atoms with Crippen LogP contribution in [0, 0.1) is 10.7 Å². The van der Waals surface area contributed by atoms with Gasteiger partial charge in [-0.25, -0.2) is 9.37 Å². The average molecular weight is 266 g/mol. The highest BCUT2D eigenvalue weighted by molar-refractivity contribution is 8.03. The number of carbonyl (C=O) groups excluding carboxylic acids is 2. The normalized spacial score (nSPS) is 22.6. The second-order valence-electron chi connectivity index (χ2n) is 3.92. The lowest BCUT2D eigenvalue weighted by atomic mass is 10.1. The maximum absolute atomic E-state index is 12.1. The number of aliphatic imine (C=N–C) groups is 1. The van der Waals surface area contributed by atoms with Crippen LogP contribution in [0.5, 0.6) is 0 Å². The van der Waals surface area contributed by atoms with Crippen LogP contribution in [-0.4, -0.2) is 70.9 Å². The number of imide groups is 1. The average Bonchev–Trinajstić information content (AvgIpc) is 2.78. The first-order valence-electron chi connectivity index (χ1n) is 5.31. The predicted molar refractivity (Wildman–Crippen MR) is 66.4 cm³/mol. The summed E-state index contributed by atoms with van der Waals surface area (Å²) >= 11 is 1.13. The fourth-order valence-electron chi connectivity index (χ4n) is 1.93. The smallest absolute Gasteiger partial charge is 0.269 e. The molecule has 18 heavy (non-hydrogen) atoms. The van der Waals surface area contributed by atoms with Crippen LogP contribution in [0.2, 0.25) is 0 Å². The number of nitrogens with zero attached hydrogens (tertiary/aromatic N) is 5. The van der Waals surface area contributed by atoms with E-state index in [0.29, 0.717) is 18.1 Å². The molecule has 0 aromatic rings. The number of fused-ring (bicyclic) bond motifs is 1. The van der Waals surface area contributed by atoms with E-state index >= 15 is 0 Å². The number of likely N-dealkylation sites (N-methyl/N-ethyl adjacent to an activating group) is 2. The van der Waals surface area contributed by atoms with Crippen molar-refractivity contribution in [1.82, 2.24) is 9.80 Å². The first-order chi connectivity index (χ1) is 8.57. The maximum atomic E-state index is 12.1. The van der Waals surface area contributed by atoms with Gasteiger partial charge in [0.05, 0.1) is 6.54 Å². The molecule has 0 bridgehead atoms. The minimum atomic E-state index is -0.544. The van der Waals surface area contributed by atoms with Crippen molar-refractivity contribution in [2.75, 3.05) is 26.4 Å². The summed E-state index contributed by atoms with van der Waals surface area (Å²) in [7, 11) is 3.05. The Balaban J connectivity index is 2.16. The summed E-state index contributed by atoms with van der Waals surface area (Å²) in [6, 6.07) is -0.923. The standard InChI is InChI=1S/C10H12N5O2S/c1-13-8-7(9(16)14(2)10(13)17)15(6-12-8)3-4-18-5-11/h6-7H,3-4H2,1-2H3/q+1. The highest BCUT2D eigenvalue weighted by atomic mass is 32.2. The molecule has 94 valence electrons. The summed E-state index contributed by atoms with van der Waals surface area (Å²) in [5.41, 5.74) is 0. The van der Waals surface area contributed by atoms with Gasteiger partial charge in [0.2, 0.25) is 0 Å². The van der Waals surface area contributed by atoms with Crippen molar-refractivity contribution in [3.05, 3.63) is 0 Å². The van der Waals surface area contributed by atoms with E-state index in [0.717, 1.165) is 16.7 Å². The van der Waals surface area contributed by atoms with Crippen LogP contribution in [-0.2, 0) is 4.79 Å². The molecule has 3 amide bonds.